The molecule has 1 saturated carbocycles. The molecule has 1 aliphatic carbocycles. The minimum Gasteiger partial charge on any atom is -0.488 e. The van der Waals surface area contributed by atoms with E-state index in [1.54, 1.807) is 0 Å². The number of benzene rings is 1. The highest BCUT2D eigenvalue weighted by Crippen LogP contribution is 2.32. The van der Waals surface area contributed by atoms with Crippen molar-refractivity contribution in [2.45, 2.75) is 18.9 Å². The van der Waals surface area contributed by atoms with E-state index in [0.29, 0.717) is 6.10 Å². The van der Waals surface area contributed by atoms with Crippen molar-refractivity contribution in [2.75, 3.05) is 0 Å². The Morgan fingerprint density at radius 2 is 2.15 bits per heavy atom. The second-order valence-electron chi connectivity index (χ2n) is 2.99. The zero-order valence-electron chi connectivity index (χ0n) is 7.06. The lowest BCUT2D eigenvalue weighted by Crippen LogP contribution is -1.95. The highest BCUT2D eigenvalue weighted by atomic mass is 32.1. The van der Waals surface area contributed by atoms with E-state index in [1.807, 2.05) is 24.3 Å². The summed E-state index contributed by atoms with van der Waals surface area (Å²) < 4.78 is 5.63. The Morgan fingerprint density at radius 1 is 1.38 bits per heavy atom. The van der Waals surface area contributed by atoms with Gasteiger partial charge >= 0.3 is 0 Å². The molecule has 0 aromatic heterocycles. The average Bonchev–Trinajstić information content (AvgIpc) is 2.93. The third kappa shape index (κ3) is 2.14. The van der Waals surface area contributed by atoms with Gasteiger partial charge in [-0.1, -0.05) is 12.1 Å². The Bertz CT molecular complexity index is 354. The zero-order chi connectivity index (χ0) is 9.10. The minimum atomic E-state index is 0.390. The molecule has 0 aliphatic heterocycles. The normalized spacial score (nSPS) is 14.8. The van der Waals surface area contributed by atoms with Crippen molar-refractivity contribution in [3.8, 4) is 5.75 Å². The molecular weight excluding hydrogens is 182 g/mol. The number of rotatable bonds is 3. The van der Waals surface area contributed by atoms with Gasteiger partial charge < -0.3 is 4.74 Å². The fourth-order valence-electron chi connectivity index (χ4n) is 1.06. The Kier molecular flexibility index (Phi) is 2.39. The second kappa shape index (κ2) is 3.69. The lowest BCUT2D eigenvalue weighted by atomic mass is 10.3. The maximum absolute atomic E-state index is 5.63. The number of aliphatic imine (C=N–C) groups is 1. The number of nitrogens with zero attached hydrogens (tertiary/aromatic N) is 1. The van der Waals surface area contributed by atoms with Gasteiger partial charge in [0.1, 0.15) is 11.4 Å². The number of ether oxygens (including phenoxy) is 1. The topological polar surface area (TPSA) is 21.6 Å². The van der Waals surface area contributed by atoms with Gasteiger partial charge in [0.15, 0.2) is 0 Å². The molecular formula is C10H9NOS. The summed E-state index contributed by atoms with van der Waals surface area (Å²) in [5.41, 5.74) is 0.768. The van der Waals surface area contributed by atoms with Crippen LogP contribution in [0, 0.1) is 0 Å². The quantitative estimate of drug-likeness (QED) is 0.541. The van der Waals surface area contributed by atoms with Crippen molar-refractivity contribution in [3.05, 3.63) is 24.3 Å². The maximum Gasteiger partial charge on any atom is 0.146 e. The van der Waals surface area contributed by atoms with Crippen LogP contribution in [0.1, 0.15) is 12.8 Å². The molecule has 0 saturated heterocycles. The molecule has 3 heteroatoms. The van der Waals surface area contributed by atoms with E-state index in [1.165, 1.54) is 0 Å². The summed E-state index contributed by atoms with van der Waals surface area (Å²) in [7, 11) is 0. The maximum atomic E-state index is 5.63. The van der Waals surface area contributed by atoms with Crippen LogP contribution in [0.25, 0.3) is 0 Å². The molecule has 2 rings (SSSR count). The fourth-order valence-corrected chi connectivity index (χ4v) is 1.16. The lowest BCUT2D eigenvalue weighted by Gasteiger charge is -2.05. The standard InChI is InChI=1S/C10H9NOS/c13-7-11-9-3-1-2-4-10(9)12-8-5-6-8/h1-4,8H,5-6H2. The van der Waals surface area contributed by atoms with Gasteiger partial charge in [-0.3, -0.25) is 0 Å². The number of para-hydroxylation sites is 2. The van der Waals surface area contributed by atoms with E-state index in [0.717, 1.165) is 24.3 Å². The zero-order valence-corrected chi connectivity index (χ0v) is 7.88. The van der Waals surface area contributed by atoms with Crippen molar-refractivity contribution < 1.29 is 4.74 Å². The number of hydrogen-bond acceptors (Lipinski definition) is 3. The highest BCUT2D eigenvalue weighted by Gasteiger charge is 2.24. The Labute approximate surface area is 82.3 Å². The van der Waals surface area contributed by atoms with Crippen LogP contribution < -0.4 is 4.74 Å². The third-order valence-corrected chi connectivity index (χ3v) is 1.94. The van der Waals surface area contributed by atoms with Crippen LogP contribution >= 0.6 is 12.2 Å². The SMILES string of the molecule is S=C=Nc1ccccc1OC1CC1. The molecule has 0 unspecified atom stereocenters. The third-order valence-electron chi connectivity index (χ3n) is 1.85. The largest absolute Gasteiger partial charge is 0.488 e. The fraction of sp³-hybridized carbons (Fsp3) is 0.300. The number of hydrogen-bond donors (Lipinski definition) is 0. The summed E-state index contributed by atoms with van der Waals surface area (Å²) in [5.74, 6) is 0.808. The van der Waals surface area contributed by atoms with E-state index in [2.05, 4.69) is 22.4 Å². The average molecular weight is 191 g/mol. The van der Waals surface area contributed by atoms with Crippen molar-refractivity contribution in [2.24, 2.45) is 4.99 Å². The van der Waals surface area contributed by atoms with Gasteiger partial charge in [0.05, 0.1) is 11.3 Å². The van der Waals surface area contributed by atoms with Crippen molar-refractivity contribution in [1.29, 1.82) is 0 Å². The van der Waals surface area contributed by atoms with Crippen molar-refractivity contribution >= 4 is 23.1 Å². The first-order valence-electron chi connectivity index (χ1n) is 4.24. The summed E-state index contributed by atoms with van der Waals surface area (Å²) in [6.07, 6.45) is 2.69. The predicted molar refractivity (Wildman–Crippen MR) is 54.8 cm³/mol. The van der Waals surface area contributed by atoms with E-state index in [9.17, 15) is 0 Å². The summed E-state index contributed by atoms with van der Waals surface area (Å²) >= 11 is 4.55. The van der Waals surface area contributed by atoms with E-state index >= 15 is 0 Å². The molecule has 13 heavy (non-hydrogen) atoms. The Morgan fingerprint density at radius 3 is 2.85 bits per heavy atom. The van der Waals surface area contributed by atoms with Gasteiger partial charge in [0.2, 0.25) is 0 Å². The molecule has 0 spiro atoms. The summed E-state index contributed by atoms with van der Waals surface area (Å²) in [6.45, 7) is 0. The first kappa shape index (κ1) is 8.42. The molecule has 1 aromatic rings. The molecule has 0 radical (unpaired) electrons. The molecule has 0 heterocycles. The predicted octanol–water partition coefficient (Wildman–Crippen LogP) is 2.96. The first-order chi connectivity index (χ1) is 6.40. The van der Waals surface area contributed by atoms with Gasteiger partial charge in [0.25, 0.3) is 0 Å². The smallest absolute Gasteiger partial charge is 0.146 e. The first-order valence-corrected chi connectivity index (χ1v) is 4.64. The molecule has 1 aromatic carbocycles. The van der Waals surface area contributed by atoms with Gasteiger partial charge in [-0.15, -0.1) is 0 Å². The Hall–Kier alpha value is -1.18. The molecule has 66 valence electrons. The van der Waals surface area contributed by atoms with Crippen LogP contribution in [0.2, 0.25) is 0 Å². The Balaban J connectivity index is 2.24. The summed E-state index contributed by atoms with van der Waals surface area (Å²) in [6, 6.07) is 7.62. The highest BCUT2D eigenvalue weighted by molar-refractivity contribution is 7.78. The summed E-state index contributed by atoms with van der Waals surface area (Å²) in [5, 5.41) is 2.35. The van der Waals surface area contributed by atoms with Crippen molar-refractivity contribution in [3.63, 3.8) is 0 Å². The van der Waals surface area contributed by atoms with E-state index < -0.39 is 0 Å². The lowest BCUT2D eigenvalue weighted by molar-refractivity contribution is 0.304. The number of isothiocyanates is 1. The van der Waals surface area contributed by atoms with Crippen LogP contribution in [0.3, 0.4) is 0 Å². The molecule has 0 bridgehead atoms. The molecule has 1 fully saturated rings. The summed E-state index contributed by atoms with van der Waals surface area (Å²) in [4.78, 5) is 3.93. The van der Waals surface area contributed by atoms with Gasteiger partial charge in [-0.05, 0) is 37.2 Å². The van der Waals surface area contributed by atoms with Crippen LogP contribution in [-0.4, -0.2) is 11.3 Å². The molecule has 0 N–H and O–H groups in total. The molecule has 1 aliphatic rings. The van der Waals surface area contributed by atoms with Crippen molar-refractivity contribution in [1.82, 2.24) is 0 Å². The molecule has 0 atom stereocenters. The molecule has 2 nitrogen and oxygen atoms in total. The monoisotopic (exact) mass is 191 g/mol. The second-order valence-corrected chi connectivity index (χ2v) is 3.17. The minimum absolute atomic E-state index is 0.390. The van der Waals surface area contributed by atoms with Crippen LogP contribution in [0.5, 0.6) is 5.75 Å². The van der Waals surface area contributed by atoms with Gasteiger partial charge in [-0.25, -0.2) is 0 Å². The van der Waals surface area contributed by atoms with E-state index in [-0.39, 0.29) is 0 Å². The van der Waals surface area contributed by atoms with E-state index in [4.69, 9.17) is 4.74 Å². The molecule has 0 amide bonds. The van der Waals surface area contributed by atoms with Gasteiger partial charge in [0, 0.05) is 0 Å². The van der Waals surface area contributed by atoms with Crippen LogP contribution in [0.4, 0.5) is 5.69 Å². The van der Waals surface area contributed by atoms with Crippen LogP contribution in [0.15, 0.2) is 29.3 Å². The number of thiocarbonyl (C=S) groups is 1. The van der Waals surface area contributed by atoms with Gasteiger partial charge in [-0.2, -0.15) is 4.99 Å². The van der Waals surface area contributed by atoms with Crippen LogP contribution in [-0.2, 0) is 0 Å².